The molecular weight excluding hydrogens is 344 g/mol. The highest BCUT2D eigenvalue weighted by molar-refractivity contribution is 6.01. The molecule has 2 heterocycles. The lowest BCUT2D eigenvalue weighted by Crippen LogP contribution is -2.08. The zero-order valence-electron chi connectivity index (χ0n) is 15.1. The number of hydrogen-bond donors (Lipinski definition) is 1. The zero-order chi connectivity index (χ0) is 19.1. The van der Waals surface area contributed by atoms with Gasteiger partial charge in [0.25, 0.3) is 0 Å². The summed E-state index contributed by atoms with van der Waals surface area (Å²) in [6.45, 7) is 2.47. The van der Waals surface area contributed by atoms with Crippen molar-refractivity contribution in [3.8, 4) is 17.3 Å². The van der Waals surface area contributed by atoms with E-state index in [9.17, 15) is 4.79 Å². The number of hydrogen-bond acceptors (Lipinski definition) is 5. The Morgan fingerprint density at radius 3 is 2.81 bits per heavy atom. The van der Waals surface area contributed by atoms with E-state index in [2.05, 4.69) is 15.4 Å². The molecule has 1 aromatic carbocycles. The largest absolute Gasteiger partial charge is 0.493 e. The summed E-state index contributed by atoms with van der Waals surface area (Å²) in [6.07, 6.45) is 8.23. The molecular formula is C20H20N4O3. The molecule has 0 saturated carbocycles. The Morgan fingerprint density at radius 2 is 2.15 bits per heavy atom. The Bertz CT molecular complexity index is 919. The van der Waals surface area contributed by atoms with Crippen molar-refractivity contribution in [1.29, 1.82) is 0 Å². The number of amides is 1. The summed E-state index contributed by atoms with van der Waals surface area (Å²) in [5.41, 5.74) is 1.43. The monoisotopic (exact) mass is 364 g/mol. The summed E-state index contributed by atoms with van der Waals surface area (Å²) < 4.78 is 12.4. The van der Waals surface area contributed by atoms with Gasteiger partial charge in [-0.05, 0) is 48.9 Å². The number of anilines is 1. The van der Waals surface area contributed by atoms with E-state index in [4.69, 9.17) is 9.47 Å². The summed E-state index contributed by atoms with van der Waals surface area (Å²) in [7, 11) is 1.58. The Hall–Kier alpha value is -3.61. The second-order valence-corrected chi connectivity index (χ2v) is 5.52. The molecule has 0 aliphatic rings. The first-order valence-electron chi connectivity index (χ1n) is 8.45. The van der Waals surface area contributed by atoms with Gasteiger partial charge < -0.3 is 14.8 Å². The minimum Gasteiger partial charge on any atom is -0.493 e. The van der Waals surface area contributed by atoms with E-state index in [1.807, 2.05) is 31.2 Å². The molecule has 1 amide bonds. The smallest absolute Gasteiger partial charge is 0.248 e. The Balaban J connectivity index is 1.63. The van der Waals surface area contributed by atoms with Crippen molar-refractivity contribution in [3.05, 3.63) is 66.6 Å². The molecule has 0 bridgehead atoms. The molecule has 2 aromatic heterocycles. The van der Waals surface area contributed by atoms with Crippen LogP contribution in [-0.2, 0) is 4.79 Å². The molecule has 1 N–H and O–H groups in total. The van der Waals surface area contributed by atoms with Crippen LogP contribution in [0.3, 0.4) is 0 Å². The molecule has 7 nitrogen and oxygen atoms in total. The molecule has 0 unspecified atom stereocenters. The number of nitrogens with zero attached hydrogens (tertiary/aromatic N) is 3. The van der Waals surface area contributed by atoms with E-state index in [-0.39, 0.29) is 5.91 Å². The third-order valence-corrected chi connectivity index (χ3v) is 3.67. The van der Waals surface area contributed by atoms with Crippen molar-refractivity contribution in [3.63, 3.8) is 0 Å². The normalized spacial score (nSPS) is 10.7. The molecule has 0 spiro atoms. The third kappa shape index (κ3) is 4.72. The maximum atomic E-state index is 12.1. The summed E-state index contributed by atoms with van der Waals surface area (Å²) in [4.78, 5) is 16.4. The first-order valence-corrected chi connectivity index (χ1v) is 8.45. The van der Waals surface area contributed by atoms with Crippen LogP contribution in [0, 0.1) is 0 Å². The quantitative estimate of drug-likeness (QED) is 0.651. The second-order valence-electron chi connectivity index (χ2n) is 5.52. The van der Waals surface area contributed by atoms with Gasteiger partial charge in [0, 0.05) is 18.5 Å². The van der Waals surface area contributed by atoms with Crippen LogP contribution in [-0.4, -0.2) is 34.4 Å². The van der Waals surface area contributed by atoms with Gasteiger partial charge in [-0.25, -0.2) is 9.67 Å². The van der Waals surface area contributed by atoms with E-state index >= 15 is 0 Å². The van der Waals surface area contributed by atoms with Crippen LogP contribution < -0.4 is 14.8 Å². The Kier molecular flexibility index (Phi) is 5.84. The number of pyridine rings is 1. The predicted octanol–water partition coefficient (Wildman–Crippen LogP) is 3.33. The van der Waals surface area contributed by atoms with Gasteiger partial charge in [0.1, 0.15) is 0 Å². The molecule has 27 heavy (non-hydrogen) atoms. The average molecular weight is 364 g/mol. The van der Waals surface area contributed by atoms with Crippen molar-refractivity contribution in [2.75, 3.05) is 19.0 Å². The summed E-state index contributed by atoms with van der Waals surface area (Å²) in [6, 6.07) is 10.9. The van der Waals surface area contributed by atoms with Crippen molar-refractivity contribution >= 4 is 17.7 Å². The van der Waals surface area contributed by atoms with Crippen LogP contribution in [0.1, 0.15) is 12.5 Å². The standard InChI is InChI=1S/C20H20N4O3/c1-3-27-17-8-5-15(13-18(17)26-2)6-10-20(25)23-16-7-9-19(21-14-16)24-12-4-11-22-24/h4-14H,3H2,1-2H3,(H,23,25)/b10-6+. The number of aromatic nitrogens is 3. The van der Waals surface area contributed by atoms with Gasteiger partial charge in [0.05, 0.1) is 25.6 Å². The fraction of sp³-hybridized carbons (Fsp3) is 0.150. The molecule has 0 radical (unpaired) electrons. The van der Waals surface area contributed by atoms with Gasteiger partial charge in [0.2, 0.25) is 5.91 Å². The van der Waals surface area contributed by atoms with Gasteiger partial charge in [-0.3, -0.25) is 4.79 Å². The lowest BCUT2D eigenvalue weighted by atomic mass is 10.2. The van der Waals surface area contributed by atoms with Crippen molar-refractivity contribution in [1.82, 2.24) is 14.8 Å². The highest BCUT2D eigenvalue weighted by Crippen LogP contribution is 2.28. The fourth-order valence-electron chi connectivity index (χ4n) is 2.42. The van der Waals surface area contributed by atoms with E-state index in [0.29, 0.717) is 29.6 Å². The van der Waals surface area contributed by atoms with E-state index in [1.165, 1.54) is 6.08 Å². The molecule has 0 aliphatic heterocycles. The van der Waals surface area contributed by atoms with E-state index in [0.717, 1.165) is 5.56 Å². The first kappa shape index (κ1) is 18.2. The van der Waals surface area contributed by atoms with Gasteiger partial charge in [0.15, 0.2) is 17.3 Å². The van der Waals surface area contributed by atoms with Gasteiger partial charge in [-0.15, -0.1) is 0 Å². The zero-order valence-corrected chi connectivity index (χ0v) is 15.1. The van der Waals surface area contributed by atoms with Crippen molar-refractivity contribution in [2.24, 2.45) is 0 Å². The van der Waals surface area contributed by atoms with Crippen LogP contribution in [0.15, 0.2) is 61.1 Å². The molecule has 138 valence electrons. The van der Waals surface area contributed by atoms with Crippen LogP contribution in [0.2, 0.25) is 0 Å². The summed E-state index contributed by atoms with van der Waals surface area (Å²) >= 11 is 0. The molecule has 3 aromatic rings. The maximum Gasteiger partial charge on any atom is 0.248 e. The highest BCUT2D eigenvalue weighted by atomic mass is 16.5. The second kappa shape index (κ2) is 8.66. The molecule has 0 atom stereocenters. The molecule has 0 saturated heterocycles. The highest BCUT2D eigenvalue weighted by Gasteiger charge is 2.05. The van der Waals surface area contributed by atoms with Gasteiger partial charge >= 0.3 is 0 Å². The Labute approximate surface area is 157 Å². The van der Waals surface area contributed by atoms with Gasteiger partial charge in [-0.1, -0.05) is 6.07 Å². The van der Waals surface area contributed by atoms with E-state index < -0.39 is 0 Å². The number of nitrogens with one attached hydrogen (secondary N) is 1. The number of ether oxygens (including phenoxy) is 2. The fourth-order valence-corrected chi connectivity index (χ4v) is 2.42. The first-order chi connectivity index (χ1) is 13.2. The minimum absolute atomic E-state index is 0.253. The SMILES string of the molecule is CCOc1ccc(/C=C/C(=O)Nc2ccc(-n3cccn3)nc2)cc1OC. The Morgan fingerprint density at radius 1 is 1.26 bits per heavy atom. The average Bonchev–Trinajstić information content (AvgIpc) is 3.23. The third-order valence-electron chi connectivity index (χ3n) is 3.67. The molecule has 3 rings (SSSR count). The number of rotatable bonds is 7. The van der Waals surface area contributed by atoms with Crippen LogP contribution in [0.25, 0.3) is 11.9 Å². The molecule has 0 aliphatic carbocycles. The lowest BCUT2D eigenvalue weighted by molar-refractivity contribution is -0.111. The van der Waals surface area contributed by atoms with Crippen LogP contribution >= 0.6 is 0 Å². The van der Waals surface area contributed by atoms with Crippen LogP contribution in [0.5, 0.6) is 11.5 Å². The molecule has 0 fully saturated rings. The lowest BCUT2D eigenvalue weighted by Gasteiger charge is -2.09. The maximum absolute atomic E-state index is 12.1. The van der Waals surface area contributed by atoms with Crippen molar-refractivity contribution in [2.45, 2.75) is 6.92 Å². The van der Waals surface area contributed by atoms with Crippen LogP contribution in [0.4, 0.5) is 5.69 Å². The van der Waals surface area contributed by atoms with Gasteiger partial charge in [-0.2, -0.15) is 5.10 Å². The number of carbonyl (C=O) groups excluding carboxylic acids is 1. The summed E-state index contributed by atoms with van der Waals surface area (Å²) in [5.74, 6) is 1.72. The molecule has 7 heteroatoms. The number of benzene rings is 1. The van der Waals surface area contributed by atoms with Crippen molar-refractivity contribution < 1.29 is 14.3 Å². The summed E-state index contributed by atoms with van der Waals surface area (Å²) in [5, 5.41) is 6.88. The predicted molar refractivity (Wildman–Crippen MR) is 103 cm³/mol. The number of methoxy groups -OCH3 is 1. The number of carbonyl (C=O) groups is 1. The minimum atomic E-state index is -0.253. The topological polar surface area (TPSA) is 78.3 Å². The van der Waals surface area contributed by atoms with E-state index in [1.54, 1.807) is 48.6 Å².